The molecule has 2 amide bonds. The molecule has 1 aromatic carbocycles. The predicted molar refractivity (Wildman–Crippen MR) is 99.2 cm³/mol. The van der Waals surface area contributed by atoms with Crippen molar-refractivity contribution in [3.05, 3.63) is 39.7 Å². The second kappa shape index (κ2) is 7.29. The molecule has 2 heterocycles. The van der Waals surface area contributed by atoms with Crippen LogP contribution in [0, 0.1) is 13.8 Å². The van der Waals surface area contributed by atoms with E-state index in [9.17, 15) is 14.4 Å². The van der Waals surface area contributed by atoms with E-state index in [1.165, 1.54) is 6.07 Å². The third-order valence-corrected chi connectivity index (χ3v) is 4.80. The lowest BCUT2D eigenvalue weighted by Crippen LogP contribution is -2.56. The number of benzene rings is 1. The van der Waals surface area contributed by atoms with Crippen molar-refractivity contribution in [2.24, 2.45) is 0 Å². The number of rotatable bonds is 4. The maximum atomic E-state index is 12.5. The van der Waals surface area contributed by atoms with E-state index in [0.717, 1.165) is 29.6 Å². The standard InChI is InChI=1S/C19H23N3O4/c1-4-22-6-5-20-19(25)15(22)10-17(23)21-14-9-13-11(2)8-18(24)26-16(13)7-12(14)3/h7-9,15H,4-6,10H2,1-3H3,(H,20,25)(H,21,23). The Kier molecular flexibility index (Phi) is 5.08. The fourth-order valence-corrected chi connectivity index (χ4v) is 3.34. The van der Waals surface area contributed by atoms with E-state index in [0.29, 0.717) is 17.8 Å². The van der Waals surface area contributed by atoms with Gasteiger partial charge in [-0.25, -0.2) is 4.79 Å². The van der Waals surface area contributed by atoms with Crippen molar-refractivity contribution in [3.8, 4) is 0 Å². The van der Waals surface area contributed by atoms with Crippen molar-refractivity contribution in [1.82, 2.24) is 10.2 Å². The fourth-order valence-electron chi connectivity index (χ4n) is 3.34. The normalized spacial score (nSPS) is 18.0. The highest BCUT2D eigenvalue weighted by molar-refractivity contribution is 5.98. The first-order chi connectivity index (χ1) is 12.4. The van der Waals surface area contributed by atoms with Crippen molar-refractivity contribution in [2.45, 2.75) is 33.2 Å². The first-order valence-corrected chi connectivity index (χ1v) is 8.75. The topological polar surface area (TPSA) is 91.7 Å². The quantitative estimate of drug-likeness (QED) is 0.810. The number of amides is 2. The molecule has 2 aromatic rings. The van der Waals surface area contributed by atoms with Gasteiger partial charge in [0.1, 0.15) is 5.58 Å². The number of anilines is 1. The van der Waals surface area contributed by atoms with Crippen LogP contribution in [0.2, 0.25) is 0 Å². The summed E-state index contributed by atoms with van der Waals surface area (Å²) in [6.45, 7) is 7.72. The van der Waals surface area contributed by atoms with Gasteiger partial charge < -0.3 is 15.1 Å². The second-order valence-corrected chi connectivity index (χ2v) is 6.60. The molecular weight excluding hydrogens is 334 g/mol. The maximum absolute atomic E-state index is 12.5. The largest absolute Gasteiger partial charge is 0.423 e. The number of carbonyl (C=O) groups excluding carboxylic acids is 2. The van der Waals surface area contributed by atoms with Gasteiger partial charge in [-0.2, -0.15) is 0 Å². The molecule has 1 aliphatic rings. The Hall–Kier alpha value is -2.67. The zero-order valence-corrected chi connectivity index (χ0v) is 15.2. The first kappa shape index (κ1) is 18.1. The van der Waals surface area contributed by atoms with E-state index in [4.69, 9.17) is 4.42 Å². The van der Waals surface area contributed by atoms with Crippen LogP contribution in [0.4, 0.5) is 5.69 Å². The number of hydrogen-bond acceptors (Lipinski definition) is 5. The van der Waals surface area contributed by atoms with Crippen LogP contribution < -0.4 is 16.3 Å². The van der Waals surface area contributed by atoms with Crippen molar-refractivity contribution in [3.63, 3.8) is 0 Å². The maximum Gasteiger partial charge on any atom is 0.336 e. The third kappa shape index (κ3) is 3.62. The lowest BCUT2D eigenvalue weighted by molar-refractivity contribution is -0.132. The second-order valence-electron chi connectivity index (χ2n) is 6.60. The van der Waals surface area contributed by atoms with E-state index in [1.807, 2.05) is 25.7 Å². The summed E-state index contributed by atoms with van der Waals surface area (Å²) in [7, 11) is 0. The van der Waals surface area contributed by atoms with Gasteiger partial charge in [-0.1, -0.05) is 6.92 Å². The van der Waals surface area contributed by atoms with Gasteiger partial charge in [0, 0.05) is 30.2 Å². The zero-order valence-electron chi connectivity index (χ0n) is 15.2. The van der Waals surface area contributed by atoms with Crippen LogP contribution in [0.25, 0.3) is 11.0 Å². The monoisotopic (exact) mass is 357 g/mol. The molecular formula is C19H23N3O4. The smallest absolute Gasteiger partial charge is 0.336 e. The van der Waals surface area contributed by atoms with Crippen LogP contribution >= 0.6 is 0 Å². The van der Waals surface area contributed by atoms with Crippen molar-refractivity contribution in [2.75, 3.05) is 25.0 Å². The highest BCUT2D eigenvalue weighted by Crippen LogP contribution is 2.25. The molecule has 7 heteroatoms. The number of piperazine rings is 1. The lowest BCUT2D eigenvalue weighted by atomic mass is 10.1. The molecule has 0 aliphatic carbocycles. The first-order valence-electron chi connectivity index (χ1n) is 8.75. The third-order valence-electron chi connectivity index (χ3n) is 4.80. The molecule has 2 N–H and O–H groups in total. The number of likely N-dealkylation sites (N-methyl/N-ethyl adjacent to an activating group) is 1. The van der Waals surface area contributed by atoms with Gasteiger partial charge in [0.2, 0.25) is 11.8 Å². The molecule has 1 unspecified atom stereocenters. The minimum atomic E-state index is -0.450. The summed E-state index contributed by atoms with van der Waals surface area (Å²) in [5.74, 6) is -0.330. The Bertz CT molecular complexity index is 919. The zero-order chi connectivity index (χ0) is 18.8. The predicted octanol–water partition coefficient (Wildman–Crippen LogP) is 1.56. The number of nitrogens with zero attached hydrogens (tertiary/aromatic N) is 1. The summed E-state index contributed by atoms with van der Waals surface area (Å²) in [5.41, 5.74) is 2.33. The number of hydrogen-bond donors (Lipinski definition) is 2. The molecule has 1 aromatic heterocycles. The molecule has 0 bridgehead atoms. The number of nitrogens with one attached hydrogen (secondary N) is 2. The Labute approximate surface area is 151 Å². The molecule has 26 heavy (non-hydrogen) atoms. The van der Waals surface area contributed by atoms with Crippen LogP contribution in [-0.2, 0) is 9.59 Å². The Morgan fingerprint density at radius 1 is 1.27 bits per heavy atom. The lowest BCUT2D eigenvalue weighted by Gasteiger charge is -2.33. The molecule has 0 spiro atoms. The molecule has 1 atom stereocenters. The van der Waals surface area contributed by atoms with Crippen molar-refractivity contribution >= 4 is 28.5 Å². The fraction of sp³-hybridized carbons (Fsp3) is 0.421. The van der Waals surface area contributed by atoms with Crippen LogP contribution in [0.5, 0.6) is 0 Å². The van der Waals surface area contributed by atoms with Gasteiger partial charge in [-0.3, -0.25) is 14.5 Å². The summed E-state index contributed by atoms with van der Waals surface area (Å²) >= 11 is 0. The van der Waals surface area contributed by atoms with Gasteiger partial charge in [0.15, 0.2) is 0 Å². The summed E-state index contributed by atoms with van der Waals surface area (Å²) in [5, 5.41) is 6.48. The molecule has 0 radical (unpaired) electrons. The highest BCUT2D eigenvalue weighted by Gasteiger charge is 2.30. The van der Waals surface area contributed by atoms with E-state index < -0.39 is 11.7 Å². The molecule has 1 fully saturated rings. The Morgan fingerprint density at radius 3 is 2.77 bits per heavy atom. The SMILES string of the molecule is CCN1CCNC(=O)C1CC(=O)Nc1cc2c(C)cc(=O)oc2cc1C. The van der Waals surface area contributed by atoms with E-state index in [1.54, 1.807) is 12.1 Å². The van der Waals surface area contributed by atoms with Gasteiger partial charge in [-0.05, 0) is 43.7 Å². The summed E-state index contributed by atoms with van der Waals surface area (Å²) in [4.78, 5) is 38.1. The number of fused-ring (bicyclic) bond motifs is 1. The van der Waals surface area contributed by atoms with Crippen LogP contribution in [-0.4, -0.2) is 42.4 Å². The summed E-state index contributed by atoms with van der Waals surface area (Å²) < 4.78 is 5.22. The van der Waals surface area contributed by atoms with Crippen molar-refractivity contribution < 1.29 is 14.0 Å². The molecule has 1 saturated heterocycles. The van der Waals surface area contributed by atoms with Crippen LogP contribution in [0.3, 0.4) is 0 Å². The highest BCUT2D eigenvalue weighted by atomic mass is 16.4. The molecule has 3 rings (SSSR count). The summed E-state index contributed by atoms with van der Waals surface area (Å²) in [6.07, 6.45) is 0.0972. The van der Waals surface area contributed by atoms with Gasteiger partial charge in [0.25, 0.3) is 0 Å². The molecule has 138 valence electrons. The van der Waals surface area contributed by atoms with Gasteiger partial charge in [-0.15, -0.1) is 0 Å². The van der Waals surface area contributed by atoms with Gasteiger partial charge in [0.05, 0.1) is 12.5 Å². The average Bonchev–Trinajstić information content (AvgIpc) is 2.58. The van der Waals surface area contributed by atoms with Crippen LogP contribution in [0.1, 0.15) is 24.5 Å². The Balaban J connectivity index is 1.81. The number of aryl methyl sites for hydroxylation is 2. The number of carbonyl (C=O) groups is 2. The van der Waals surface area contributed by atoms with Crippen molar-refractivity contribution in [1.29, 1.82) is 0 Å². The van der Waals surface area contributed by atoms with E-state index in [2.05, 4.69) is 10.6 Å². The summed E-state index contributed by atoms with van der Waals surface area (Å²) in [6, 6.07) is 4.52. The molecule has 0 saturated carbocycles. The van der Waals surface area contributed by atoms with Gasteiger partial charge >= 0.3 is 5.63 Å². The average molecular weight is 357 g/mol. The molecule has 7 nitrogen and oxygen atoms in total. The van der Waals surface area contributed by atoms with Crippen LogP contribution in [0.15, 0.2) is 27.4 Å². The minimum absolute atomic E-state index is 0.0972. The van der Waals surface area contributed by atoms with E-state index >= 15 is 0 Å². The minimum Gasteiger partial charge on any atom is -0.423 e. The Morgan fingerprint density at radius 2 is 2.04 bits per heavy atom. The van der Waals surface area contributed by atoms with E-state index in [-0.39, 0.29) is 18.2 Å². The molecule has 1 aliphatic heterocycles.